The molecule has 0 unspecified atom stereocenters. The summed E-state index contributed by atoms with van der Waals surface area (Å²) >= 11 is 11.3. The maximum atomic E-state index is 13.4. The molecule has 0 saturated carbocycles. The lowest BCUT2D eigenvalue weighted by Crippen LogP contribution is -2.43. The summed E-state index contributed by atoms with van der Waals surface area (Å²) in [4.78, 5) is 30.2. The zero-order valence-corrected chi connectivity index (χ0v) is 39.9. The van der Waals surface area contributed by atoms with Crippen LogP contribution in [0, 0.1) is 0 Å². The van der Waals surface area contributed by atoms with Crippen molar-refractivity contribution in [3.05, 3.63) is 144 Å². The molecule has 4 rings (SSSR count). The number of amides is 2. The number of carbonyl (C=O) groups excluding carboxylic acids is 2. The van der Waals surface area contributed by atoms with Gasteiger partial charge in [0.25, 0.3) is 0 Å². The minimum absolute atomic E-state index is 0.253. The molecule has 0 atom stereocenters. The Balaban J connectivity index is 1.22. The van der Waals surface area contributed by atoms with Crippen LogP contribution in [0.2, 0.25) is 0 Å². The molecule has 2 amide bonds. The lowest BCUT2D eigenvalue weighted by Gasteiger charge is -2.30. The summed E-state index contributed by atoms with van der Waals surface area (Å²) in [5, 5.41) is 14.5. The van der Waals surface area contributed by atoms with Gasteiger partial charge in [-0.1, -0.05) is 121 Å². The highest BCUT2D eigenvalue weighted by atomic mass is 32.1. The number of hydrogen-bond donors (Lipinski definition) is 4. The SMILES string of the molecule is CC(C)(C)OC(=O)N(CCCNC(=S)NCCC(c1ccccc1)c1ccccc1)CCCN(CCCNC(=S)NCCC(c1ccccc1)c1ccccc1)C(=O)OC(C)(C)C. The first kappa shape index (κ1) is 50.4. The summed E-state index contributed by atoms with van der Waals surface area (Å²) in [5.74, 6) is 0.506. The fourth-order valence-electron chi connectivity index (χ4n) is 7.22. The van der Waals surface area contributed by atoms with Gasteiger partial charge in [-0.15, -0.1) is 0 Å². The Bertz CT molecular complexity index is 1720. The van der Waals surface area contributed by atoms with Crippen molar-refractivity contribution >= 4 is 46.8 Å². The van der Waals surface area contributed by atoms with Gasteiger partial charge in [-0.05, 0) is 120 Å². The summed E-state index contributed by atoms with van der Waals surface area (Å²) in [6.07, 6.45) is 2.86. The van der Waals surface area contributed by atoms with E-state index in [1.165, 1.54) is 22.3 Å². The Morgan fingerprint density at radius 3 is 1.02 bits per heavy atom. The summed E-state index contributed by atoms with van der Waals surface area (Å²) in [5.41, 5.74) is 3.80. The Morgan fingerprint density at radius 2 is 0.730 bits per heavy atom. The molecule has 4 N–H and O–H groups in total. The van der Waals surface area contributed by atoms with Crippen LogP contribution in [-0.4, -0.2) is 95.8 Å². The Hall–Kier alpha value is -5.20. The van der Waals surface area contributed by atoms with Crippen LogP contribution < -0.4 is 21.3 Å². The van der Waals surface area contributed by atoms with E-state index in [1.807, 2.05) is 65.8 Å². The van der Waals surface area contributed by atoms with Gasteiger partial charge in [-0.25, -0.2) is 9.59 Å². The highest BCUT2D eigenvalue weighted by molar-refractivity contribution is 7.80. The van der Waals surface area contributed by atoms with Crippen LogP contribution in [0.5, 0.6) is 0 Å². The third-order valence-electron chi connectivity index (χ3n) is 10.2. The fraction of sp³-hybridized carbons (Fsp3) is 0.451. The molecule has 0 fully saturated rings. The first-order chi connectivity index (χ1) is 30.2. The van der Waals surface area contributed by atoms with E-state index in [1.54, 1.807) is 9.80 Å². The minimum atomic E-state index is -0.646. The molecule has 340 valence electrons. The molecule has 0 aromatic heterocycles. The quantitative estimate of drug-likeness (QED) is 0.0450. The number of ether oxygens (including phenoxy) is 2. The first-order valence-electron chi connectivity index (χ1n) is 22.4. The van der Waals surface area contributed by atoms with Crippen LogP contribution >= 0.6 is 24.4 Å². The van der Waals surface area contributed by atoms with E-state index in [2.05, 4.69) is 118 Å². The summed E-state index contributed by atoms with van der Waals surface area (Å²) in [7, 11) is 0. The molecule has 4 aromatic rings. The molecule has 0 saturated heterocycles. The zero-order chi connectivity index (χ0) is 45.5. The lowest BCUT2D eigenvalue weighted by atomic mass is 9.88. The summed E-state index contributed by atoms with van der Waals surface area (Å²) in [6, 6.07) is 42.1. The van der Waals surface area contributed by atoms with E-state index >= 15 is 0 Å². The van der Waals surface area contributed by atoms with Gasteiger partial charge >= 0.3 is 12.2 Å². The van der Waals surface area contributed by atoms with Crippen LogP contribution in [0.4, 0.5) is 9.59 Å². The minimum Gasteiger partial charge on any atom is -0.444 e. The van der Waals surface area contributed by atoms with E-state index < -0.39 is 11.2 Å². The number of rotatable bonds is 22. The molecular weight excluding hydrogens is 825 g/mol. The van der Waals surface area contributed by atoms with Gasteiger partial charge in [0.05, 0.1) is 0 Å². The van der Waals surface area contributed by atoms with Crippen molar-refractivity contribution in [2.24, 2.45) is 0 Å². The van der Waals surface area contributed by atoms with Gasteiger partial charge in [0.2, 0.25) is 0 Å². The molecule has 0 aliphatic carbocycles. The van der Waals surface area contributed by atoms with Gasteiger partial charge in [0.15, 0.2) is 10.2 Å². The molecule has 0 heterocycles. The van der Waals surface area contributed by atoms with Crippen molar-refractivity contribution in [2.75, 3.05) is 52.4 Å². The van der Waals surface area contributed by atoms with E-state index in [-0.39, 0.29) is 24.0 Å². The standard InChI is InChI=1S/C51H70N6O4S2/c1-50(2,3)60-48(58)56(36-19-32-52-46(62)54-34-30-44(40-22-11-7-12-23-40)41-24-13-8-14-25-41)38-21-39-57(49(59)61-51(4,5)6)37-20-33-53-47(63)55-35-31-45(42-26-15-9-16-27-42)43-28-17-10-18-29-43/h7-18,22-29,44-45H,19-21,30-39H2,1-6H3,(H2,52,54,62)(H2,53,55,63). The summed E-state index contributed by atoms with van der Waals surface area (Å²) in [6.45, 7) is 15.5. The van der Waals surface area contributed by atoms with E-state index in [0.717, 1.165) is 12.8 Å². The fourth-order valence-corrected chi connectivity index (χ4v) is 7.62. The normalized spacial score (nSPS) is 11.4. The second kappa shape index (κ2) is 26.4. The van der Waals surface area contributed by atoms with Crippen molar-refractivity contribution in [1.82, 2.24) is 31.1 Å². The van der Waals surface area contributed by atoms with Gasteiger partial charge in [0, 0.05) is 64.2 Å². The highest BCUT2D eigenvalue weighted by Crippen LogP contribution is 2.28. The van der Waals surface area contributed by atoms with Crippen molar-refractivity contribution in [1.29, 1.82) is 0 Å². The maximum Gasteiger partial charge on any atom is 0.410 e. The monoisotopic (exact) mass is 894 g/mol. The van der Waals surface area contributed by atoms with Crippen molar-refractivity contribution in [3.8, 4) is 0 Å². The number of thiocarbonyl (C=S) groups is 2. The van der Waals surface area contributed by atoms with Gasteiger partial charge in [-0.2, -0.15) is 0 Å². The van der Waals surface area contributed by atoms with E-state index in [4.69, 9.17) is 33.9 Å². The number of nitrogens with one attached hydrogen (secondary N) is 4. The van der Waals surface area contributed by atoms with Gasteiger partial charge in [0.1, 0.15) is 11.2 Å². The van der Waals surface area contributed by atoms with Crippen LogP contribution in [0.1, 0.15) is 108 Å². The van der Waals surface area contributed by atoms with E-state index in [9.17, 15) is 9.59 Å². The molecule has 0 aliphatic rings. The molecular formula is C51H70N6O4S2. The number of nitrogens with zero attached hydrogens (tertiary/aromatic N) is 2. The smallest absolute Gasteiger partial charge is 0.410 e. The molecule has 63 heavy (non-hydrogen) atoms. The Morgan fingerprint density at radius 1 is 0.460 bits per heavy atom. The van der Waals surface area contributed by atoms with Crippen molar-refractivity contribution < 1.29 is 19.1 Å². The molecule has 12 heteroatoms. The largest absolute Gasteiger partial charge is 0.444 e. The number of hydrogen-bond acceptors (Lipinski definition) is 6. The van der Waals surface area contributed by atoms with Crippen LogP contribution in [0.15, 0.2) is 121 Å². The van der Waals surface area contributed by atoms with Crippen LogP contribution in [0.3, 0.4) is 0 Å². The Labute approximate surface area is 387 Å². The van der Waals surface area contributed by atoms with Gasteiger partial charge < -0.3 is 40.5 Å². The van der Waals surface area contributed by atoms with Gasteiger partial charge in [-0.3, -0.25) is 0 Å². The predicted molar refractivity (Wildman–Crippen MR) is 265 cm³/mol. The highest BCUT2D eigenvalue weighted by Gasteiger charge is 2.25. The number of carbonyl (C=O) groups is 2. The molecule has 0 radical (unpaired) electrons. The predicted octanol–water partition coefficient (Wildman–Crippen LogP) is 10.0. The topological polar surface area (TPSA) is 107 Å². The summed E-state index contributed by atoms with van der Waals surface area (Å²) < 4.78 is 11.6. The average Bonchev–Trinajstić information content (AvgIpc) is 3.25. The molecule has 4 aromatic carbocycles. The number of benzene rings is 4. The molecule has 0 spiro atoms. The zero-order valence-electron chi connectivity index (χ0n) is 38.2. The third-order valence-corrected chi connectivity index (χ3v) is 10.8. The third kappa shape index (κ3) is 19.8. The lowest BCUT2D eigenvalue weighted by molar-refractivity contribution is 0.0203. The second-order valence-corrected chi connectivity index (χ2v) is 18.5. The van der Waals surface area contributed by atoms with Crippen molar-refractivity contribution in [2.45, 2.75) is 96.7 Å². The first-order valence-corrected chi connectivity index (χ1v) is 23.2. The van der Waals surface area contributed by atoms with Crippen molar-refractivity contribution in [3.63, 3.8) is 0 Å². The molecule has 0 aliphatic heterocycles. The van der Waals surface area contributed by atoms with Crippen LogP contribution in [0.25, 0.3) is 0 Å². The van der Waals surface area contributed by atoms with E-state index in [0.29, 0.717) is 81.8 Å². The average molecular weight is 895 g/mol. The molecule has 0 bridgehead atoms. The second-order valence-electron chi connectivity index (χ2n) is 17.7. The van der Waals surface area contributed by atoms with Crippen LogP contribution in [-0.2, 0) is 9.47 Å². The molecule has 10 nitrogen and oxygen atoms in total. The Kier molecular flexibility index (Phi) is 21.2. The maximum absolute atomic E-state index is 13.4.